The molecule has 20 heavy (non-hydrogen) atoms. The third-order valence-electron chi connectivity index (χ3n) is 3.08. The third kappa shape index (κ3) is 2.73. The van der Waals surface area contributed by atoms with Crippen LogP contribution in [0.3, 0.4) is 0 Å². The molecular weight excluding hydrogens is 275 g/mol. The van der Waals surface area contributed by atoms with Crippen LogP contribution in [0.15, 0.2) is 54.7 Å². The van der Waals surface area contributed by atoms with E-state index in [9.17, 15) is 4.39 Å². The first kappa shape index (κ1) is 12.9. The Morgan fingerprint density at radius 3 is 2.85 bits per heavy atom. The van der Waals surface area contributed by atoms with Crippen LogP contribution in [-0.4, -0.2) is 4.98 Å². The molecule has 1 heterocycles. The number of hydrogen-bond acceptors (Lipinski definition) is 2. The van der Waals surface area contributed by atoms with E-state index in [4.69, 9.17) is 11.6 Å². The van der Waals surface area contributed by atoms with E-state index in [1.807, 2.05) is 30.3 Å². The van der Waals surface area contributed by atoms with Gasteiger partial charge in [-0.15, -0.1) is 0 Å². The lowest BCUT2D eigenvalue weighted by Crippen LogP contribution is -1.99. The topological polar surface area (TPSA) is 24.9 Å². The molecule has 0 atom stereocenters. The highest BCUT2D eigenvalue weighted by Crippen LogP contribution is 2.19. The SMILES string of the molecule is Fc1ccc(CNc2ccc3ncccc3c2)cc1Cl. The molecule has 0 radical (unpaired) electrons. The predicted octanol–water partition coefficient (Wildman–Crippen LogP) is 4.64. The minimum absolute atomic E-state index is 0.145. The Morgan fingerprint density at radius 2 is 2.00 bits per heavy atom. The first-order valence-electron chi connectivity index (χ1n) is 6.25. The maximum Gasteiger partial charge on any atom is 0.141 e. The summed E-state index contributed by atoms with van der Waals surface area (Å²) in [6.07, 6.45) is 1.77. The third-order valence-corrected chi connectivity index (χ3v) is 3.37. The summed E-state index contributed by atoms with van der Waals surface area (Å²) < 4.78 is 13.1. The standard InChI is InChI=1S/C16H12ClFN2/c17-14-8-11(3-5-15(14)18)10-20-13-4-6-16-12(9-13)2-1-7-19-16/h1-9,20H,10H2. The summed E-state index contributed by atoms with van der Waals surface area (Å²) in [5.41, 5.74) is 2.89. The quantitative estimate of drug-likeness (QED) is 0.759. The molecule has 0 saturated carbocycles. The Morgan fingerprint density at radius 1 is 1.10 bits per heavy atom. The zero-order valence-electron chi connectivity index (χ0n) is 10.6. The van der Waals surface area contributed by atoms with Gasteiger partial charge in [-0.05, 0) is 42.0 Å². The van der Waals surface area contributed by atoms with E-state index in [1.165, 1.54) is 6.07 Å². The van der Waals surface area contributed by atoms with Crippen molar-refractivity contribution < 1.29 is 4.39 Å². The van der Waals surface area contributed by atoms with Crippen molar-refractivity contribution >= 4 is 28.2 Å². The first-order chi connectivity index (χ1) is 9.72. The summed E-state index contributed by atoms with van der Waals surface area (Å²) in [5.74, 6) is -0.396. The number of pyridine rings is 1. The van der Waals surface area contributed by atoms with Gasteiger partial charge in [0.15, 0.2) is 0 Å². The molecule has 0 bridgehead atoms. The van der Waals surface area contributed by atoms with Gasteiger partial charge in [0.05, 0.1) is 10.5 Å². The number of nitrogens with one attached hydrogen (secondary N) is 1. The van der Waals surface area contributed by atoms with E-state index < -0.39 is 5.82 Å². The number of rotatable bonds is 3. The Kier molecular flexibility index (Phi) is 3.52. The van der Waals surface area contributed by atoms with Crippen LogP contribution < -0.4 is 5.32 Å². The fourth-order valence-electron chi connectivity index (χ4n) is 2.04. The fraction of sp³-hybridized carbons (Fsp3) is 0.0625. The molecule has 4 heteroatoms. The number of aromatic nitrogens is 1. The van der Waals surface area contributed by atoms with Crippen molar-refractivity contribution in [2.75, 3.05) is 5.32 Å². The van der Waals surface area contributed by atoms with Gasteiger partial charge in [-0.1, -0.05) is 23.7 Å². The van der Waals surface area contributed by atoms with E-state index in [0.717, 1.165) is 22.2 Å². The van der Waals surface area contributed by atoms with Gasteiger partial charge in [0, 0.05) is 23.8 Å². The minimum atomic E-state index is -0.396. The van der Waals surface area contributed by atoms with Crippen LogP contribution in [0.5, 0.6) is 0 Å². The molecule has 2 aromatic carbocycles. The van der Waals surface area contributed by atoms with Gasteiger partial charge in [-0.2, -0.15) is 0 Å². The van der Waals surface area contributed by atoms with Crippen LogP contribution in [0.4, 0.5) is 10.1 Å². The van der Waals surface area contributed by atoms with Crippen molar-refractivity contribution in [3.8, 4) is 0 Å². The molecule has 0 spiro atoms. The van der Waals surface area contributed by atoms with Crippen molar-refractivity contribution in [1.82, 2.24) is 4.98 Å². The smallest absolute Gasteiger partial charge is 0.141 e. The van der Waals surface area contributed by atoms with Gasteiger partial charge in [0.2, 0.25) is 0 Å². The molecule has 0 aliphatic heterocycles. The molecule has 3 rings (SSSR count). The van der Waals surface area contributed by atoms with E-state index in [2.05, 4.69) is 10.3 Å². The van der Waals surface area contributed by atoms with Crippen molar-refractivity contribution in [1.29, 1.82) is 0 Å². The highest BCUT2D eigenvalue weighted by Gasteiger charge is 2.01. The Hall–Kier alpha value is -2.13. The number of nitrogens with zero attached hydrogens (tertiary/aromatic N) is 1. The molecule has 0 fully saturated rings. The van der Waals surface area contributed by atoms with Gasteiger partial charge < -0.3 is 5.32 Å². The molecule has 1 aromatic heterocycles. The van der Waals surface area contributed by atoms with Gasteiger partial charge in [-0.3, -0.25) is 4.98 Å². The van der Waals surface area contributed by atoms with Crippen molar-refractivity contribution in [2.45, 2.75) is 6.54 Å². The molecule has 0 amide bonds. The van der Waals surface area contributed by atoms with Gasteiger partial charge >= 0.3 is 0 Å². The van der Waals surface area contributed by atoms with Crippen LogP contribution in [0.25, 0.3) is 10.9 Å². The lowest BCUT2D eigenvalue weighted by atomic mass is 10.2. The van der Waals surface area contributed by atoms with Gasteiger partial charge in [0.1, 0.15) is 5.82 Å². The summed E-state index contributed by atoms with van der Waals surface area (Å²) in [5, 5.41) is 4.51. The normalized spacial score (nSPS) is 10.7. The van der Waals surface area contributed by atoms with Crippen LogP contribution >= 0.6 is 11.6 Å². The lowest BCUT2D eigenvalue weighted by Gasteiger charge is -2.08. The molecule has 3 aromatic rings. The number of fused-ring (bicyclic) bond motifs is 1. The molecule has 1 N–H and O–H groups in total. The molecule has 2 nitrogen and oxygen atoms in total. The van der Waals surface area contributed by atoms with E-state index in [-0.39, 0.29) is 5.02 Å². The highest BCUT2D eigenvalue weighted by molar-refractivity contribution is 6.30. The van der Waals surface area contributed by atoms with Crippen LogP contribution in [0, 0.1) is 5.82 Å². The Balaban J connectivity index is 1.77. The molecule has 100 valence electrons. The molecule has 0 unspecified atom stereocenters. The van der Waals surface area contributed by atoms with Crippen LogP contribution in [0.2, 0.25) is 5.02 Å². The summed E-state index contributed by atoms with van der Waals surface area (Å²) in [4.78, 5) is 4.28. The maximum absolute atomic E-state index is 13.1. The van der Waals surface area contributed by atoms with Crippen molar-refractivity contribution in [3.05, 3.63) is 71.1 Å². The monoisotopic (exact) mass is 286 g/mol. The average molecular weight is 287 g/mol. The molecule has 0 saturated heterocycles. The highest BCUT2D eigenvalue weighted by atomic mass is 35.5. The summed E-state index contributed by atoms with van der Waals surface area (Å²) in [6.45, 7) is 0.589. The minimum Gasteiger partial charge on any atom is -0.381 e. The van der Waals surface area contributed by atoms with Gasteiger partial charge in [-0.25, -0.2) is 4.39 Å². The van der Waals surface area contributed by atoms with Gasteiger partial charge in [0.25, 0.3) is 0 Å². The number of anilines is 1. The largest absolute Gasteiger partial charge is 0.381 e. The zero-order chi connectivity index (χ0) is 13.9. The maximum atomic E-state index is 13.1. The molecule has 0 aliphatic carbocycles. The summed E-state index contributed by atoms with van der Waals surface area (Å²) >= 11 is 5.76. The second kappa shape index (κ2) is 5.47. The van der Waals surface area contributed by atoms with E-state index >= 15 is 0 Å². The number of benzene rings is 2. The average Bonchev–Trinajstić information content (AvgIpc) is 2.48. The Bertz CT molecular complexity index is 758. The number of halogens is 2. The van der Waals surface area contributed by atoms with E-state index in [1.54, 1.807) is 18.3 Å². The summed E-state index contributed by atoms with van der Waals surface area (Å²) in [7, 11) is 0. The second-order valence-corrected chi connectivity index (χ2v) is 4.92. The second-order valence-electron chi connectivity index (χ2n) is 4.51. The summed E-state index contributed by atoms with van der Waals surface area (Å²) in [6, 6.07) is 14.6. The van der Waals surface area contributed by atoms with Crippen molar-refractivity contribution in [3.63, 3.8) is 0 Å². The molecular formula is C16H12ClFN2. The van der Waals surface area contributed by atoms with Crippen molar-refractivity contribution in [2.24, 2.45) is 0 Å². The fourth-order valence-corrected chi connectivity index (χ4v) is 2.24. The number of hydrogen-bond donors (Lipinski definition) is 1. The predicted molar refractivity (Wildman–Crippen MR) is 80.5 cm³/mol. The molecule has 0 aliphatic rings. The van der Waals surface area contributed by atoms with Crippen LogP contribution in [-0.2, 0) is 6.54 Å². The zero-order valence-corrected chi connectivity index (χ0v) is 11.4. The first-order valence-corrected chi connectivity index (χ1v) is 6.63. The lowest BCUT2D eigenvalue weighted by molar-refractivity contribution is 0.627. The van der Waals surface area contributed by atoms with Crippen LogP contribution in [0.1, 0.15) is 5.56 Å². The van der Waals surface area contributed by atoms with E-state index in [0.29, 0.717) is 6.54 Å². The Labute approximate surface area is 121 Å².